The molecule has 8 heteroatoms. The highest BCUT2D eigenvalue weighted by molar-refractivity contribution is 6.06. The number of hydrogen-bond acceptors (Lipinski definition) is 6. The van der Waals surface area contributed by atoms with Gasteiger partial charge in [-0.3, -0.25) is 29.0 Å². The third kappa shape index (κ3) is 5.91. The van der Waals surface area contributed by atoms with Crippen molar-refractivity contribution in [1.29, 1.82) is 0 Å². The van der Waals surface area contributed by atoms with Gasteiger partial charge in [-0.1, -0.05) is 19.8 Å². The van der Waals surface area contributed by atoms with E-state index >= 15 is 0 Å². The van der Waals surface area contributed by atoms with Crippen molar-refractivity contribution in [3.8, 4) is 0 Å². The summed E-state index contributed by atoms with van der Waals surface area (Å²) in [6.07, 6.45) is 19.2. The Bertz CT molecular complexity index is 1110. The summed E-state index contributed by atoms with van der Waals surface area (Å²) in [5.41, 5.74) is 0. The summed E-state index contributed by atoms with van der Waals surface area (Å²) in [6, 6.07) is 0.118. The van der Waals surface area contributed by atoms with E-state index in [-0.39, 0.29) is 77.8 Å². The lowest BCUT2D eigenvalue weighted by atomic mass is 9.72. The summed E-state index contributed by atoms with van der Waals surface area (Å²) in [5.74, 6) is 1.76. The van der Waals surface area contributed by atoms with Gasteiger partial charge < -0.3 is 9.47 Å². The highest BCUT2D eigenvalue weighted by Gasteiger charge is 2.53. The van der Waals surface area contributed by atoms with Crippen LogP contribution in [-0.2, 0) is 28.7 Å². The Morgan fingerprint density at radius 1 is 0.500 bits per heavy atom. The minimum Gasteiger partial charge on any atom is -0.375 e. The number of carbonyl (C=O) groups excluding carboxylic acids is 4. The van der Waals surface area contributed by atoms with Gasteiger partial charge in [0.15, 0.2) is 0 Å². The Kier molecular flexibility index (Phi) is 8.95. The lowest BCUT2D eigenvalue weighted by Crippen LogP contribution is -2.43. The second-order valence-electron chi connectivity index (χ2n) is 15.8. The van der Waals surface area contributed by atoms with Gasteiger partial charge in [-0.25, -0.2) is 0 Å². The molecule has 7 aliphatic rings. The van der Waals surface area contributed by atoms with Crippen LogP contribution in [0.15, 0.2) is 0 Å². The maximum absolute atomic E-state index is 13.4. The largest absolute Gasteiger partial charge is 0.375 e. The molecule has 0 aromatic heterocycles. The van der Waals surface area contributed by atoms with Crippen molar-refractivity contribution in [2.75, 3.05) is 7.05 Å². The van der Waals surface area contributed by atoms with Gasteiger partial charge in [0, 0.05) is 13.1 Å². The van der Waals surface area contributed by atoms with Gasteiger partial charge in [0.1, 0.15) is 0 Å². The number of rotatable bonds is 6. The first kappa shape index (κ1) is 30.8. The summed E-state index contributed by atoms with van der Waals surface area (Å²) < 4.78 is 13.2. The zero-order valence-electron chi connectivity index (χ0n) is 27.0. The minimum absolute atomic E-state index is 0.00258. The van der Waals surface area contributed by atoms with Crippen molar-refractivity contribution in [1.82, 2.24) is 9.80 Å². The van der Waals surface area contributed by atoms with Crippen LogP contribution in [0.5, 0.6) is 0 Å². The second-order valence-corrected chi connectivity index (χ2v) is 15.8. The van der Waals surface area contributed by atoms with Gasteiger partial charge in [0.2, 0.25) is 23.6 Å². The molecule has 44 heavy (non-hydrogen) atoms. The van der Waals surface area contributed by atoms with Crippen LogP contribution in [0.4, 0.5) is 0 Å². The fourth-order valence-corrected chi connectivity index (χ4v) is 10.7. The number of fused-ring (bicyclic) bond motifs is 2. The SMILES string of the molecule is CC1CCCC(N2C(=O)C3CCC(OC4CCC(C5CCC(OC6CCC7C(=O)N(C)C(=O)C7C6)CC5)CC4)CC3C2=O)C1. The molecule has 7 rings (SSSR count). The van der Waals surface area contributed by atoms with E-state index in [2.05, 4.69) is 6.92 Å². The number of likely N-dealkylation sites (tertiary alicyclic amines) is 2. The molecule has 0 aromatic rings. The van der Waals surface area contributed by atoms with E-state index in [1.165, 1.54) is 37.0 Å². The van der Waals surface area contributed by atoms with Gasteiger partial charge in [-0.2, -0.15) is 0 Å². The Balaban J connectivity index is 0.827. The average Bonchev–Trinajstić information content (AvgIpc) is 3.41. The van der Waals surface area contributed by atoms with Crippen LogP contribution in [0, 0.1) is 41.4 Å². The Morgan fingerprint density at radius 3 is 1.50 bits per heavy atom. The van der Waals surface area contributed by atoms with E-state index in [9.17, 15) is 19.2 Å². The molecule has 0 bridgehead atoms. The molecule has 2 aliphatic heterocycles. The van der Waals surface area contributed by atoms with Crippen LogP contribution in [0.2, 0.25) is 0 Å². The molecule has 4 amide bonds. The van der Waals surface area contributed by atoms with E-state index in [0.717, 1.165) is 88.9 Å². The molecule has 0 radical (unpaired) electrons. The Hall–Kier alpha value is -1.80. The normalized spacial score (nSPS) is 45.0. The van der Waals surface area contributed by atoms with E-state index in [4.69, 9.17) is 9.47 Å². The summed E-state index contributed by atoms with van der Waals surface area (Å²) >= 11 is 0. The lowest BCUT2D eigenvalue weighted by molar-refractivity contribution is -0.144. The fraction of sp³-hybridized carbons (Fsp3) is 0.889. The molecular weight excluding hydrogens is 556 g/mol. The summed E-state index contributed by atoms with van der Waals surface area (Å²) in [6.45, 7) is 2.25. The van der Waals surface area contributed by atoms with Crippen molar-refractivity contribution in [2.24, 2.45) is 41.4 Å². The molecule has 0 spiro atoms. The van der Waals surface area contributed by atoms with Crippen molar-refractivity contribution in [3.63, 3.8) is 0 Å². The number of ether oxygens (including phenoxy) is 2. The smallest absolute Gasteiger partial charge is 0.233 e. The number of nitrogens with zero attached hydrogens (tertiary/aromatic N) is 2. The molecule has 2 saturated heterocycles. The molecular formula is C36H54N2O6. The number of carbonyl (C=O) groups is 4. The monoisotopic (exact) mass is 610 g/mol. The van der Waals surface area contributed by atoms with E-state index < -0.39 is 0 Å². The van der Waals surface area contributed by atoms with Gasteiger partial charge in [0.05, 0.1) is 48.1 Å². The van der Waals surface area contributed by atoms with Crippen LogP contribution in [0.1, 0.15) is 122 Å². The summed E-state index contributed by atoms with van der Waals surface area (Å²) in [4.78, 5) is 54.5. The molecule has 5 saturated carbocycles. The maximum atomic E-state index is 13.4. The van der Waals surface area contributed by atoms with Crippen LogP contribution in [0.3, 0.4) is 0 Å². The molecule has 8 unspecified atom stereocenters. The van der Waals surface area contributed by atoms with Crippen molar-refractivity contribution in [2.45, 2.75) is 153 Å². The number of amides is 4. The first-order valence-corrected chi connectivity index (χ1v) is 18.3. The second kappa shape index (κ2) is 12.8. The molecule has 8 atom stereocenters. The highest BCUT2D eigenvalue weighted by atomic mass is 16.5. The van der Waals surface area contributed by atoms with E-state index in [0.29, 0.717) is 12.3 Å². The molecule has 0 aromatic carbocycles. The van der Waals surface area contributed by atoms with Crippen molar-refractivity contribution < 1.29 is 28.7 Å². The first-order valence-electron chi connectivity index (χ1n) is 18.3. The molecule has 5 aliphatic carbocycles. The Morgan fingerprint density at radius 2 is 0.955 bits per heavy atom. The highest BCUT2D eigenvalue weighted by Crippen LogP contribution is 2.45. The number of hydrogen-bond donors (Lipinski definition) is 0. The summed E-state index contributed by atoms with van der Waals surface area (Å²) in [7, 11) is 1.62. The molecule has 7 fully saturated rings. The van der Waals surface area contributed by atoms with Gasteiger partial charge in [-0.15, -0.1) is 0 Å². The molecule has 8 nitrogen and oxygen atoms in total. The summed E-state index contributed by atoms with van der Waals surface area (Å²) in [5, 5.41) is 0. The zero-order chi connectivity index (χ0) is 30.5. The van der Waals surface area contributed by atoms with Crippen molar-refractivity contribution in [3.05, 3.63) is 0 Å². The zero-order valence-corrected chi connectivity index (χ0v) is 27.0. The van der Waals surface area contributed by atoms with Crippen molar-refractivity contribution >= 4 is 23.6 Å². The van der Waals surface area contributed by atoms with Gasteiger partial charge >= 0.3 is 0 Å². The predicted octanol–water partition coefficient (Wildman–Crippen LogP) is 5.65. The first-order chi connectivity index (χ1) is 21.3. The van der Waals surface area contributed by atoms with Crippen LogP contribution in [0.25, 0.3) is 0 Å². The van der Waals surface area contributed by atoms with Gasteiger partial charge in [0.25, 0.3) is 0 Å². The Labute approximate surface area is 263 Å². The quantitative estimate of drug-likeness (QED) is 0.361. The minimum atomic E-state index is -0.170. The maximum Gasteiger partial charge on any atom is 0.233 e. The predicted molar refractivity (Wildman–Crippen MR) is 164 cm³/mol. The van der Waals surface area contributed by atoms with Crippen LogP contribution < -0.4 is 0 Å². The third-order valence-corrected chi connectivity index (χ3v) is 13.2. The fourth-order valence-electron chi connectivity index (χ4n) is 10.7. The van der Waals surface area contributed by atoms with Gasteiger partial charge in [-0.05, 0) is 120 Å². The molecule has 2 heterocycles. The lowest BCUT2D eigenvalue weighted by Gasteiger charge is -2.40. The standard InChI is InChI=1S/C36H54N2O6/c1-21-4-3-5-24(18-21)38-35(41)30-17-15-28(20-32(30)36(38)42)44-26-12-8-23(9-13-26)22-6-10-25(11-7-22)43-27-14-16-29-31(19-27)34(40)37(2)33(29)39/h21-32H,3-20H2,1-2H3. The number of imide groups is 2. The molecule has 0 N–H and O–H groups in total. The average molecular weight is 611 g/mol. The van der Waals surface area contributed by atoms with E-state index in [1.54, 1.807) is 11.9 Å². The topological polar surface area (TPSA) is 93.2 Å². The third-order valence-electron chi connectivity index (χ3n) is 13.2. The van der Waals surface area contributed by atoms with E-state index in [1.807, 2.05) is 0 Å². The van der Waals surface area contributed by atoms with Crippen LogP contribution >= 0.6 is 0 Å². The molecule has 244 valence electrons. The van der Waals surface area contributed by atoms with Crippen LogP contribution in [-0.4, -0.2) is 70.9 Å².